The van der Waals surface area contributed by atoms with Gasteiger partial charge in [0.05, 0.1) is 18.4 Å². The first-order chi connectivity index (χ1) is 9.61. The van der Waals surface area contributed by atoms with Crippen LogP contribution >= 0.6 is 11.6 Å². The highest BCUT2D eigenvalue weighted by Crippen LogP contribution is 2.24. The van der Waals surface area contributed by atoms with Crippen LogP contribution in [0.3, 0.4) is 0 Å². The molecule has 0 atom stereocenters. The quantitative estimate of drug-likeness (QED) is 0.858. The summed E-state index contributed by atoms with van der Waals surface area (Å²) in [4.78, 5) is 11.2. The van der Waals surface area contributed by atoms with E-state index in [1.54, 1.807) is 6.07 Å². The maximum absolute atomic E-state index is 11.2. The van der Waals surface area contributed by atoms with Gasteiger partial charge in [-0.05, 0) is 37.5 Å². The van der Waals surface area contributed by atoms with Gasteiger partial charge in [-0.25, -0.2) is 0 Å². The Morgan fingerprint density at radius 3 is 2.90 bits per heavy atom. The average molecular weight is 294 g/mol. The second-order valence-corrected chi connectivity index (χ2v) is 4.72. The molecule has 3 N–H and O–H groups in total. The lowest BCUT2D eigenvalue weighted by atomic mass is 10.1. The van der Waals surface area contributed by atoms with Crippen LogP contribution in [0.1, 0.15) is 28.5 Å². The molecule has 106 valence electrons. The molecule has 1 aromatic heterocycles. The molecule has 0 spiro atoms. The standard InChI is InChI=1S/C14H16ClN3O2/c1-2-20-10-5-3-9(12(15)7-10)4-6-13-11(14(16)19)8-17-18-13/h3,5,7-8H,2,4,6H2,1H3,(H2,16,19)(H,17,18). The highest BCUT2D eigenvalue weighted by Gasteiger charge is 2.11. The van der Waals surface area contributed by atoms with E-state index in [0.29, 0.717) is 30.0 Å². The van der Waals surface area contributed by atoms with Crippen molar-refractivity contribution in [1.29, 1.82) is 0 Å². The molecule has 1 amide bonds. The Labute approximate surface area is 122 Å². The molecule has 20 heavy (non-hydrogen) atoms. The third-order valence-corrected chi connectivity index (χ3v) is 3.32. The Balaban J connectivity index is 2.07. The summed E-state index contributed by atoms with van der Waals surface area (Å²) < 4.78 is 5.38. The summed E-state index contributed by atoms with van der Waals surface area (Å²) in [6.07, 6.45) is 2.75. The lowest BCUT2D eigenvalue weighted by Crippen LogP contribution is -2.12. The number of aromatic amines is 1. The van der Waals surface area contributed by atoms with E-state index in [9.17, 15) is 4.79 Å². The van der Waals surface area contributed by atoms with E-state index < -0.39 is 5.91 Å². The number of amides is 1. The summed E-state index contributed by atoms with van der Waals surface area (Å²) in [6.45, 7) is 2.53. The number of nitrogens with zero attached hydrogens (tertiary/aromatic N) is 1. The molecular weight excluding hydrogens is 278 g/mol. The SMILES string of the molecule is CCOc1ccc(CCc2[nH]ncc2C(N)=O)c(Cl)c1. The van der Waals surface area contributed by atoms with Crippen molar-refractivity contribution in [3.05, 3.63) is 46.2 Å². The third kappa shape index (κ3) is 3.30. The highest BCUT2D eigenvalue weighted by molar-refractivity contribution is 6.31. The number of rotatable bonds is 6. The first-order valence-electron chi connectivity index (χ1n) is 6.35. The van der Waals surface area contributed by atoms with Crippen molar-refractivity contribution >= 4 is 17.5 Å². The summed E-state index contributed by atoms with van der Waals surface area (Å²) in [7, 11) is 0. The molecule has 1 aromatic carbocycles. The van der Waals surface area contributed by atoms with E-state index in [1.807, 2.05) is 19.1 Å². The maximum atomic E-state index is 11.2. The van der Waals surface area contributed by atoms with Crippen LogP contribution in [0, 0.1) is 0 Å². The number of hydrogen-bond acceptors (Lipinski definition) is 3. The lowest BCUT2D eigenvalue weighted by Gasteiger charge is -2.07. The third-order valence-electron chi connectivity index (χ3n) is 2.96. The highest BCUT2D eigenvalue weighted by atomic mass is 35.5. The molecule has 1 heterocycles. The van der Waals surface area contributed by atoms with Crippen LogP contribution in [0.4, 0.5) is 0 Å². The van der Waals surface area contributed by atoms with Crippen molar-refractivity contribution < 1.29 is 9.53 Å². The molecule has 6 heteroatoms. The van der Waals surface area contributed by atoms with Gasteiger partial charge in [-0.2, -0.15) is 5.10 Å². The number of aryl methyl sites for hydroxylation is 2. The zero-order valence-corrected chi connectivity index (χ0v) is 11.9. The molecule has 0 aliphatic rings. The van der Waals surface area contributed by atoms with Crippen molar-refractivity contribution in [3.63, 3.8) is 0 Å². The maximum Gasteiger partial charge on any atom is 0.252 e. The van der Waals surface area contributed by atoms with Crippen LogP contribution in [-0.2, 0) is 12.8 Å². The van der Waals surface area contributed by atoms with Crippen molar-refractivity contribution in [3.8, 4) is 5.75 Å². The van der Waals surface area contributed by atoms with Gasteiger partial charge in [0.2, 0.25) is 0 Å². The molecule has 0 unspecified atom stereocenters. The number of H-pyrrole nitrogens is 1. The van der Waals surface area contributed by atoms with Crippen molar-refractivity contribution in [1.82, 2.24) is 10.2 Å². The molecule has 0 fully saturated rings. The van der Waals surface area contributed by atoms with E-state index >= 15 is 0 Å². The van der Waals surface area contributed by atoms with Crippen molar-refractivity contribution in [2.75, 3.05) is 6.61 Å². The largest absolute Gasteiger partial charge is 0.494 e. The van der Waals surface area contributed by atoms with Crippen molar-refractivity contribution in [2.45, 2.75) is 19.8 Å². The summed E-state index contributed by atoms with van der Waals surface area (Å²) in [6, 6.07) is 5.60. The topological polar surface area (TPSA) is 81.0 Å². The second kappa shape index (κ2) is 6.43. The van der Waals surface area contributed by atoms with Crippen molar-refractivity contribution in [2.24, 2.45) is 5.73 Å². The minimum Gasteiger partial charge on any atom is -0.494 e. The van der Waals surface area contributed by atoms with Crippen LogP contribution < -0.4 is 10.5 Å². The van der Waals surface area contributed by atoms with E-state index in [4.69, 9.17) is 22.1 Å². The van der Waals surface area contributed by atoms with Gasteiger partial charge in [-0.3, -0.25) is 9.89 Å². The number of nitrogens with two attached hydrogens (primary N) is 1. The van der Waals surface area contributed by atoms with Gasteiger partial charge >= 0.3 is 0 Å². The molecule has 2 aromatic rings. The van der Waals surface area contributed by atoms with Crippen LogP contribution in [0.5, 0.6) is 5.75 Å². The Kier molecular flexibility index (Phi) is 4.63. The normalized spacial score (nSPS) is 10.5. The van der Waals surface area contributed by atoms with Gasteiger partial charge < -0.3 is 10.5 Å². The summed E-state index contributed by atoms with van der Waals surface area (Å²) in [5.41, 5.74) is 7.40. The van der Waals surface area contributed by atoms with Gasteiger partial charge in [0.15, 0.2) is 0 Å². The first-order valence-corrected chi connectivity index (χ1v) is 6.73. The number of carbonyl (C=O) groups excluding carboxylic acids is 1. The summed E-state index contributed by atoms with van der Waals surface area (Å²) in [5, 5.41) is 7.28. The Morgan fingerprint density at radius 1 is 1.45 bits per heavy atom. The van der Waals surface area contributed by atoms with Gasteiger partial charge in [0, 0.05) is 10.7 Å². The summed E-state index contributed by atoms with van der Waals surface area (Å²) >= 11 is 6.21. The molecule has 0 saturated heterocycles. The van der Waals surface area contributed by atoms with Crippen LogP contribution in [0.25, 0.3) is 0 Å². The molecule has 5 nitrogen and oxygen atoms in total. The van der Waals surface area contributed by atoms with Gasteiger partial charge in [-0.1, -0.05) is 17.7 Å². The van der Waals surface area contributed by atoms with Crippen LogP contribution in [0.15, 0.2) is 24.4 Å². The molecule has 0 saturated carbocycles. The number of ether oxygens (including phenoxy) is 1. The van der Waals surface area contributed by atoms with Gasteiger partial charge in [-0.15, -0.1) is 0 Å². The fourth-order valence-corrected chi connectivity index (χ4v) is 2.23. The number of carbonyl (C=O) groups is 1. The number of nitrogens with one attached hydrogen (secondary N) is 1. The Morgan fingerprint density at radius 2 is 2.25 bits per heavy atom. The first kappa shape index (κ1) is 14.4. The van der Waals surface area contributed by atoms with E-state index in [0.717, 1.165) is 17.0 Å². The molecule has 2 rings (SSSR count). The minimum absolute atomic E-state index is 0.423. The second-order valence-electron chi connectivity index (χ2n) is 4.31. The van der Waals surface area contributed by atoms with Gasteiger partial charge in [0.25, 0.3) is 5.91 Å². The Bertz CT molecular complexity index is 610. The van der Waals surface area contributed by atoms with E-state index in [-0.39, 0.29) is 0 Å². The fraction of sp³-hybridized carbons (Fsp3) is 0.286. The summed E-state index contributed by atoms with van der Waals surface area (Å²) in [5.74, 6) is 0.271. The fourth-order valence-electron chi connectivity index (χ4n) is 1.96. The number of aromatic nitrogens is 2. The minimum atomic E-state index is -0.480. The molecule has 0 radical (unpaired) electrons. The average Bonchev–Trinajstić information content (AvgIpc) is 2.86. The van der Waals surface area contributed by atoms with E-state index in [1.165, 1.54) is 6.20 Å². The zero-order valence-electron chi connectivity index (χ0n) is 11.1. The molecule has 0 aliphatic heterocycles. The number of halogens is 1. The number of hydrogen-bond donors (Lipinski definition) is 2. The van der Waals surface area contributed by atoms with E-state index in [2.05, 4.69) is 10.2 Å². The van der Waals surface area contributed by atoms with Crippen LogP contribution in [0.2, 0.25) is 5.02 Å². The lowest BCUT2D eigenvalue weighted by molar-refractivity contribution is 0.0999. The Hall–Kier alpha value is -2.01. The van der Waals surface area contributed by atoms with Gasteiger partial charge in [0.1, 0.15) is 5.75 Å². The molecular formula is C14H16ClN3O2. The van der Waals surface area contributed by atoms with Crippen LogP contribution in [-0.4, -0.2) is 22.7 Å². The predicted octanol–water partition coefficient (Wildman–Crippen LogP) is 2.35. The predicted molar refractivity (Wildman–Crippen MR) is 77.1 cm³/mol. The molecule has 0 bridgehead atoms. The molecule has 0 aliphatic carbocycles. The zero-order chi connectivity index (χ0) is 14.5. The smallest absolute Gasteiger partial charge is 0.252 e. The number of benzene rings is 1. The number of primary amides is 1. The monoisotopic (exact) mass is 293 g/mol.